The standard InChI is InChI=1S/C10H12N4O5/c1-2-13(5-8(11)15)9-7(10(16)17)3-6(4-12-9)14(18)19/h3-4H,2,5H2,1H3,(H2,11,15)(H,16,17). The van der Waals surface area contributed by atoms with Crippen LogP contribution in [-0.4, -0.2) is 40.0 Å². The molecule has 0 bridgehead atoms. The molecule has 1 amide bonds. The SMILES string of the molecule is CCN(CC(N)=O)c1ncc([N+](=O)[O-])cc1C(=O)O. The number of aromatic carboxylic acids is 1. The molecule has 0 radical (unpaired) electrons. The van der Waals surface area contributed by atoms with Crippen molar-refractivity contribution >= 4 is 23.4 Å². The number of nitro groups is 1. The van der Waals surface area contributed by atoms with Crippen molar-refractivity contribution in [2.24, 2.45) is 5.73 Å². The lowest BCUT2D eigenvalue weighted by Crippen LogP contribution is -2.35. The van der Waals surface area contributed by atoms with E-state index >= 15 is 0 Å². The summed E-state index contributed by atoms with van der Waals surface area (Å²) in [6, 6.07) is 0.897. The van der Waals surface area contributed by atoms with Gasteiger partial charge in [-0.15, -0.1) is 0 Å². The van der Waals surface area contributed by atoms with Gasteiger partial charge in [-0.1, -0.05) is 0 Å². The number of amides is 1. The molecule has 0 unspecified atom stereocenters. The number of hydrogen-bond donors (Lipinski definition) is 2. The summed E-state index contributed by atoms with van der Waals surface area (Å²) in [7, 11) is 0. The van der Waals surface area contributed by atoms with E-state index in [9.17, 15) is 19.7 Å². The topological polar surface area (TPSA) is 140 Å². The Bertz CT molecular complexity index is 531. The predicted octanol–water partition coefficient (Wildman–Crippen LogP) is -0.000400. The minimum absolute atomic E-state index is 0.0283. The fourth-order valence-corrected chi connectivity index (χ4v) is 1.48. The maximum absolute atomic E-state index is 11.1. The molecule has 0 saturated carbocycles. The predicted molar refractivity (Wildman–Crippen MR) is 64.9 cm³/mol. The first-order valence-electron chi connectivity index (χ1n) is 5.27. The maximum Gasteiger partial charge on any atom is 0.339 e. The van der Waals surface area contributed by atoms with Gasteiger partial charge in [-0.2, -0.15) is 0 Å². The number of primary amides is 1. The Balaban J connectivity index is 3.29. The fraction of sp³-hybridized carbons (Fsp3) is 0.300. The van der Waals surface area contributed by atoms with Gasteiger partial charge in [-0.05, 0) is 6.92 Å². The fourth-order valence-electron chi connectivity index (χ4n) is 1.48. The Morgan fingerprint density at radius 2 is 2.21 bits per heavy atom. The molecular formula is C10H12N4O5. The molecule has 1 aromatic rings. The smallest absolute Gasteiger partial charge is 0.339 e. The molecule has 0 atom stereocenters. The number of anilines is 1. The zero-order valence-corrected chi connectivity index (χ0v) is 10.1. The minimum atomic E-state index is -1.37. The van der Waals surface area contributed by atoms with Crippen LogP contribution in [0.2, 0.25) is 0 Å². The van der Waals surface area contributed by atoms with Gasteiger partial charge in [0, 0.05) is 12.6 Å². The molecule has 0 aliphatic rings. The zero-order valence-electron chi connectivity index (χ0n) is 10.1. The Labute approximate surface area is 107 Å². The van der Waals surface area contributed by atoms with Crippen molar-refractivity contribution in [1.82, 2.24) is 4.98 Å². The molecule has 3 N–H and O–H groups in total. The van der Waals surface area contributed by atoms with E-state index in [2.05, 4.69) is 4.98 Å². The third kappa shape index (κ3) is 3.37. The van der Waals surface area contributed by atoms with Crippen LogP contribution < -0.4 is 10.6 Å². The lowest BCUT2D eigenvalue weighted by atomic mass is 10.2. The normalized spacial score (nSPS) is 9.95. The van der Waals surface area contributed by atoms with Gasteiger partial charge in [0.15, 0.2) is 0 Å². The highest BCUT2D eigenvalue weighted by Gasteiger charge is 2.21. The molecule has 9 nitrogen and oxygen atoms in total. The van der Waals surface area contributed by atoms with Crippen molar-refractivity contribution in [3.8, 4) is 0 Å². The van der Waals surface area contributed by atoms with E-state index in [0.29, 0.717) is 0 Å². The quantitative estimate of drug-likeness (QED) is 0.546. The largest absolute Gasteiger partial charge is 0.478 e. The highest BCUT2D eigenvalue weighted by atomic mass is 16.6. The number of carbonyl (C=O) groups excluding carboxylic acids is 1. The number of carboxylic acids is 1. The van der Waals surface area contributed by atoms with Gasteiger partial charge in [0.25, 0.3) is 5.69 Å². The van der Waals surface area contributed by atoms with Crippen molar-refractivity contribution in [1.29, 1.82) is 0 Å². The molecule has 0 aliphatic carbocycles. The summed E-state index contributed by atoms with van der Waals surface area (Å²) in [5, 5.41) is 19.6. The number of carboxylic acid groups (broad SMARTS) is 1. The van der Waals surface area contributed by atoms with Gasteiger partial charge in [0.1, 0.15) is 17.6 Å². The van der Waals surface area contributed by atoms with Crippen LogP contribution in [0, 0.1) is 10.1 Å². The molecule has 19 heavy (non-hydrogen) atoms. The second-order valence-electron chi connectivity index (χ2n) is 3.61. The van der Waals surface area contributed by atoms with E-state index in [1.165, 1.54) is 4.90 Å². The molecule has 1 aromatic heterocycles. The number of carbonyl (C=O) groups is 2. The summed E-state index contributed by atoms with van der Waals surface area (Å²) >= 11 is 0. The van der Waals surface area contributed by atoms with Crippen LogP contribution in [0.1, 0.15) is 17.3 Å². The van der Waals surface area contributed by atoms with Crippen LogP contribution >= 0.6 is 0 Å². The van der Waals surface area contributed by atoms with Crippen LogP contribution in [0.3, 0.4) is 0 Å². The molecule has 9 heteroatoms. The number of nitrogens with zero attached hydrogens (tertiary/aromatic N) is 3. The van der Waals surface area contributed by atoms with Crippen LogP contribution in [-0.2, 0) is 4.79 Å². The first-order valence-corrected chi connectivity index (χ1v) is 5.27. The van der Waals surface area contributed by atoms with Crippen LogP contribution in [0.15, 0.2) is 12.3 Å². The van der Waals surface area contributed by atoms with E-state index in [1.54, 1.807) is 6.92 Å². The van der Waals surface area contributed by atoms with Crippen LogP contribution in [0.25, 0.3) is 0 Å². The highest BCUT2D eigenvalue weighted by Crippen LogP contribution is 2.22. The molecule has 1 heterocycles. The lowest BCUT2D eigenvalue weighted by Gasteiger charge is -2.21. The van der Waals surface area contributed by atoms with Gasteiger partial charge in [0.2, 0.25) is 5.91 Å². The second kappa shape index (κ2) is 5.76. The average molecular weight is 268 g/mol. The molecular weight excluding hydrogens is 256 g/mol. The Morgan fingerprint density at radius 3 is 2.63 bits per heavy atom. The highest BCUT2D eigenvalue weighted by molar-refractivity contribution is 5.94. The van der Waals surface area contributed by atoms with Crippen molar-refractivity contribution in [2.45, 2.75) is 6.92 Å². The average Bonchev–Trinajstić information content (AvgIpc) is 2.34. The van der Waals surface area contributed by atoms with Crippen molar-refractivity contribution < 1.29 is 19.6 Å². The van der Waals surface area contributed by atoms with Crippen LogP contribution in [0.5, 0.6) is 0 Å². The van der Waals surface area contributed by atoms with Crippen LogP contribution in [0.4, 0.5) is 11.5 Å². The lowest BCUT2D eigenvalue weighted by molar-refractivity contribution is -0.385. The van der Waals surface area contributed by atoms with E-state index < -0.39 is 22.5 Å². The van der Waals surface area contributed by atoms with Crippen molar-refractivity contribution in [2.75, 3.05) is 18.0 Å². The summed E-state index contributed by atoms with van der Waals surface area (Å²) in [5.74, 6) is -2.05. The minimum Gasteiger partial charge on any atom is -0.478 e. The van der Waals surface area contributed by atoms with Crippen molar-refractivity contribution in [3.05, 3.63) is 27.9 Å². The van der Waals surface area contributed by atoms with Gasteiger partial charge in [-0.3, -0.25) is 14.9 Å². The Kier molecular flexibility index (Phi) is 4.35. The maximum atomic E-state index is 11.1. The van der Waals surface area contributed by atoms with Crippen molar-refractivity contribution in [3.63, 3.8) is 0 Å². The first-order chi connectivity index (χ1) is 8.86. The molecule has 0 aromatic carbocycles. The van der Waals surface area contributed by atoms with Gasteiger partial charge >= 0.3 is 5.97 Å². The first kappa shape index (κ1) is 14.4. The number of hydrogen-bond acceptors (Lipinski definition) is 6. The van der Waals surface area contributed by atoms with E-state index in [1.807, 2.05) is 0 Å². The molecule has 1 rings (SSSR count). The second-order valence-corrected chi connectivity index (χ2v) is 3.61. The molecule has 0 fully saturated rings. The monoisotopic (exact) mass is 268 g/mol. The molecule has 0 saturated heterocycles. The molecule has 102 valence electrons. The third-order valence-corrected chi connectivity index (χ3v) is 2.32. The van der Waals surface area contributed by atoms with E-state index in [-0.39, 0.29) is 24.5 Å². The summed E-state index contributed by atoms with van der Waals surface area (Å²) in [4.78, 5) is 36.9. The van der Waals surface area contributed by atoms with Gasteiger partial charge in [-0.25, -0.2) is 9.78 Å². The van der Waals surface area contributed by atoms with Gasteiger partial charge < -0.3 is 15.7 Å². The number of aromatic nitrogens is 1. The number of likely N-dealkylation sites (N-methyl/N-ethyl adjacent to an activating group) is 1. The zero-order chi connectivity index (χ0) is 14.6. The summed E-state index contributed by atoms with van der Waals surface area (Å²) in [6.07, 6.45) is 0.936. The number of pyridine rings is 1. The van der Waals surface area contributed by atoms with E-state index in [0.717, 1.165) is 12.3 Å². The van der Waals surface area contributed by atoms with E-state index in [4.69, 9.17) is 10.8 Å². The summed E-state index contributed by atoms with van der Waals surface area (Å²) < 4.78 is 0. The number of nitrogens with two attached hydrogens (primary N) is 1. The molecule has 0 aliphatic heterocycles. The Hall–Kier alpha value is -2.71. The molecule has 0 spiro atoms. The number of rotatable bonds is 6. The summed E-state index contributed by atoms with van der Waals surface area (Å²) in [5.41, 5.74) is 4.26. The Morgan fingerprint density at radius 1 is 1.58 bits per heavy atom. The van der Waals surface area contributed by atoms with Gasteiger partial charge in [0.05, 0.1) is 11.5 Å². The summed E-state index contributed by atoms with van der Waals surface area (Å²) in [6.45, 7) is 1.74. The third-order valence-electron chi connectivity index (χ3n) is 2.32.